The first-order valence-electron chi connectivity index (χ1n) is 13.4. The highest BCUT2D eigenvalue weighted by molar-refractivity contribution is 9.09. The molecule has 0 aromatic heterocycles. The number of carbonyl (C=O) groups is 5. The third kappa shape index (κ3) is 4.15. The molecule has 1 N–H and O–H groups in total. The molecule has 0 bridgehead atoms. The molecule has 3 fully saturated rings. The number of allylic oxidation sites excluding steroid dienone is 2. The SMILES string of the molecule is COC(=O)N1C(=O)C2CC=C3C(CC4(Cl)C(=O)N(CBr)C(=O)C4(Cl)C3c3ccc(OCc4ccccc4)cc3O)C2C1=O. The van der Waals surface area contributed by atoms with Crippen LogP contribution < -0.4 is 4.74 Å². The van der Waals surface area contributed by atoms with Crippen LogP contribution in [0.2, 0.25) is 0 Å². The van der Waals surface area contributed by atoms with Crippen molar-refractivity contribution < 1.29 is 38.6 Å². The molecule has 4 aliphatic rings. The quantitative estimate of drug-likeness (QED) is 0.211. The fraction of sp³-hybridized carbons (Fsp3) is 0.367. The van der Waals surface area contributed by atoms with Crippen molar-refractivity contribution in [2.24, 2.45) is 17.8 Å². The lowest BCUT2D eigenvalue weighted by Gasteiger charge is -2.50. The van der Waals surface area contributed by atoms with Crippen LogP contribution in [0.1, 0.15) is 29.9 Å². The maximum atomic E-state index is 13.9. The normalized spacial score (nSPS) is 31.4. The number of carbonyl (C=O) groups excluding carboxylic acids is 5. The van der Waals surface area contributed by atoms with Crippen LogP contribution in [-0.4, -0.2) is 66.9 Å². The number of amides is 5. The summed E-state index contributed by atoms with van der Waals surface area (Å²) in [5.74, 6) is -6.89. The molecule has 224 valence electrons. The van der Waals surface area contributed by atoms with Crippen molar-refractivity contribution in [2.45, 2.75) is 35.1 Å². The van der Waals surface area contributed by atoms with Crippen molar-refractivity contribution >= 4 is 68.9 Å². The van der Waals surface area contributed by atoms with Gasteiger partial charge in [-0.2, -0.15) is 4.90 Å². The van der Waals surface area contributed by atoms with Gasteiger partial charge in [-0.05, 0) is 30.4 Å². The number of hydrogen-bond donors (Lipinski definition) is 1. The average molecular weight is 692 g/mol. The number of phenolic OH excluding ortho intramolecular Hbond substituents is 1. The lowest BCUT2D eigenvalue weighted by atomic mass is 9.56. The Balaban J connectivity index is 1.45. The van der Waals surface area contributed by atoms with E-state index in [-0.39, 0.29) is 36.2 Å². The second-order valence-corrected chi connectivity index (χ2v) is 12.7. The van der Waals surface area contributed by atoms with Gasteiger partial charge < -0.3 is 14.6 Å². The molecular formula is C30H25BrCl2N2O8. The van der Waals surface area contributed by atoms with E-state index in [0.717, 1.165) is 17.6 Å². The Morgan fingerprint density at radius 2 is 1.77 bits per heavy atom. The molecule has 13 heteroatoms. The fourth-order valence-corrected chi connectivity index (χ4v) is 8.39. The molecule has 6 rings (SSSR count). The summed E-state index contributed by atoms with van der Waals surface area (Å²) in [4.78, 5) is 63.9. The lowest BCUT2D eigenvalue weighted by Crippen LogP contribution is -2.60. The molecule has 2 saturated heterocycles. The first-order valence-corrected chi connectivity index (χ1v) is 15.3. The van der Waals surface area contributed by atoms with Crippen LogP contribution in [0.3, 0.4) is 0 Å². The number of ether oxygens (including phenoxy) is 2. The molecule has 2 aliphatic heterocycles. The molecule has 1 saturated carbocycles. The van der Waals surface area contributed by atoms with Gasteiger partial charge in [0.25, 0.3) is 11.8 Å². The Labute approximate surface area is 264 Å². The Hall–Kier alpha value is -3.41. The van der Waals surface area contributed by atoms with Crippen LogP contribution in [0.4, 0.5) is 4.79 Å². The number of likely N-dealkylation sites (tertiary alicyclic amines) is 2. The van der Waals surface area contributed by atoms with E-state index in [4.69, 9.17) is 27.9 Å². The van der Waals surface area contributed by atoms with Crippen LogP contribution in [0.15, 0.2) is 60.2 Å². The number of fused-ring (bicyclic) bond motifs is 4. The van der Waals surface area contributed by atoms with E-state index in [1.807, 2.05) is 30.3 Å². The second-order valence-electron chi connectivity index (χ2n) is 11.0. The standard InChI is InChI=1S/C30H25BrCl2N2O8/c1-42-28(41)35-24(37)19-10-9-17-20(22(19)25(35)38)12-29(32)26(39)34(14-31)27(40)30(29,33)23(17)18-8-7-16(11-21(18)36)43-13-15-5-3-2-4-6-15/h2-9,11,19-20,22-23,36H,10,12-14H2,1H3. The van der Waals surface area contributed by atoms with Gasteiger partial charge in [-0.3, -0.25) is 24.1 Å². The van der Waals surface area contributed by atoms with E-state index in [1.54, 1.807) is 18.2 Å². The summed E-state index contributed by atoms with van der Waals surface area (Å²) in [5.41, 5.74) is 1.41. The van der Waals surface area contributed by atoms with Gasteiger partial charge in [0.2, 0.25) is 11.8 Å². The summed E-state index contributed by atoms with van der Waals surface area (Å²) in [6.07, 6.45) is 0.419. The number of alkyl halides is 3. The van der Waals surface area contributed by atoms with Crippen LogP contribution in [-0.2, 0) is 30.5 Å². The topological polar surface area (TPSA) is 131 Å². The Morgan fingerprint density at radius 1 is 1.05 bits per heavy atom. The minimum Gasteiger partial charge on any atom is -0.508 e. The van der Waals surface area contributed by atoms with Gasteiger partial charge in [0.1, 0.15) is 18.1 Å². The largest absolute Gasteiger partial charge is 0.508 e. The summed E-state index contributed by atoms with van der Waals surface area (Å²) in [5, 5.41) is 11.3. The monoisotopic (exact) mass is 690 g/mol. The number of hydrogen-bond acceptors (Lipinski definition) is 8. The highest BCUT2D eigenvalue weighted by atomic mass is 79.9. The van der Waals surface area contributed by atoms with Crippen LogP contribution in [0, 0.1) is 17.8 Å². The number of methoxy groups -OCH3 is 1. The molecule has 2 aromatic carbocycles. The Morgan fingerprint density at radius 3 is 2.42 bits per heavy atom. The minimum atomic E-state index is -2.08. The maximum Gasteiger partial charge on any atom is 0.423 e. The predicted molar refractivity (Wildman–Crippen MR) is 156 cm³/mol. The van der Waals surface area contributed by atoms with Gasteiger partial charge in [-0.15, -0.1) is 23.2 Å². The molecule has 43 heavy (non-hydrogen) atoms. The summed E-state index contributed by atoms with van der Waals surface area (Å²) in [6, 6.07) is 14.0. The highest BCUT2D eigenvalue weighted by Gasteiger charge is 2.76. The smallest absolute Gasteiger partial charge is 0.423 e. The van der Waals surface area contributed by atoms with Crippen molar-refractivity contribution in [3.63, 3.8) is 0 Å². The Bertz CT molecular complexity index is 1600. The lowest BCUT2D eigenvalue weighted by molar-refractivity contribution is -0.140. The molecule has 2 aromatic rings. The van der Waals surface area contributed by atoms with Crippen LogP contribution in [0.25, 0.3) is 0 Å². The van der Waals surface area contributed by atoms with E-state index in [0.29, 0.717) is 16.2 Å². The molecule has 0 spiro atoms. The third-order valence-corrected chi connectivity index (χ3v) is 10.8. The fourth-order valence-electron chi connectivity index (χ4n) is 6.97. The summed E-state index contributed by atoms with van der Waals surface area (Å²) < 4.78 is 10.5. The number of halogens is 3. The van der Waals surface area contributed by atoms with Gasteiger partial charge >= 0.3 is 6.09 Å². The number of benzene rings is 2. The van der Waals surface area contributed by atoms with Crippen molar-refractivity contribution in [3.05, 3.63) is 71.3 Å². The summed E-state index contributed by atoms with van der Waals surface area (Å²) >= 11 is 17.5. The number of phenols is 1. The third-order valence-electron chi connectivity index (χ3n) is 8.93. The molecule has 6 atom stereocenters. The summed E-state index contributed by atoms with van der Waals surface area (Å²) in [6.45, 7) is 0.240. The molecule has 0 radical (unpaired) electrons. The number of rotatable bonds is 5. The first kappa shape index (κ1) is 29.7. The second kappa shape index (κ2) is 10.6. The molecular weight excluding hydrogens is 667 g/mol. The van der Waals surface area contributed by atoms with Crippen LogP contribution in [0.5, 0.6) is 11.5 Å². The van der Waals surface area contributed by atoms with Gasteiger partial charge in [-0.1, -0.05) is 64.0 Å². The zero-order valence-corrected chi connectivity index (χ0v) is 25.8. The van der Waals surface area contributed by atoms with Crippen molar-refractivity contribution in [1.29, 1.82) is 0 Å². The van der Waals surface area contributed by atoms with Gasteiger partial charge in [-0.25, -0.2) is 4.79 Å². The maximum absolute atomic E-state index is 13.9. The van der Waals surface area contributed by atoms with E-state index in [9.17, 15) is 29.1 Å². The van der Waals surface area contributed by atoms with E-state index < -0.39 is 63.1 Å². The minimum absolute atomic E-state index is 0.0661. The molecule has 2 aliphatic carbocycles. The van der Waals surface area contributed by atoms with Crippen molar-refractivity contribution in [2.75, 3.05) is 12.6 Å². The van der Waals surface area contributed by atoms with E-state index >= 15 is 0 Å². The Kier molecular flexibility index (Phi) is 7.34. The van der Waals surface area contributed by atoms with Crippen molar-refractivity contribution in [3.8, 4) is 11.5 Å². The number of aromatic hydroxyl groups is 1. The van der Waals surface area contributed by atoms with Crippen LogP contribution >= 0.6 is 39.1 Å². The zero-order valence-electron chi connectivity index (χ0n) is 22.7. The average Bonchev–Trinajstić information content (AvgIpc) is 3.34. The molecule has 6 unspecified atom stereocenters. The van der Waals surface area contributed by atoms with E-state index in [1.165, 1.54) is 6.07 Å². The highest BCUT2D eigenvalue weighted by Crippen LogP contribution is 2.66. The van der Waals surface area contributed by atoms with E-state index in [2.05, 4.69) is 20.7 Å². The zero-order chi connectivity index (χ0) is 30.8. The predicted octanol–water partition coefficient (Wildman–Crippen LogP) is 4.45. The molecule has 10 nitrogen and oxygen atoms in total. The number of nitrogens with zero attached hydrogens (tertiary/aromatic N) is 2. The first-order chi connectivity index (χ1) is 20.5. The van der Waals surface area contributed by atoms with Gasteiger partial charge in [0, 0.05) is 17.5 Å². The van der Waals surface area contributed by atoms with Gasteiger partial charge in [0.15, 0.2) is 9.75 Å². The number of imide groups is 4. The summed E-state index contributed by atoms with van der Waals surface area (Å²) in [7, 11) is 1.06. The molecule has 5 amide bonds. The van der Waals surface area contributed by atoms with Gasteiger partial charge in [0.05, 0.1) is 24.4 Å². The van der Waals surface area contributed by atoms with Crippen molar-refractivity contribution in [1.82, 2.24) is 9.80 Å². The molecule has 2 heterocycles.